The van der Waals surface area contributed by atoms with Crippen LogP contribution < -0.4 is 0 Å². The zero-order valence-corrected chi connectivity index (χ0v) is 14.0. The van der Waals surface area contributed by atoms with Gasteiger partial charge in [-0.05, 0) is 43.9 Å². The number of hydrogen-bond acceptors (Lipinski definition) is 2. The molecule has 1 aliphatic rings. The van der Waals surface area contributed by atoms with Crippen LogP contribution in [-0.4, -0.2) is 27.9 Å². The molecule has 1 N–H and O–H groups in total. The highest BCUT2D eigenvalue weighted by Gasteiger charge is 2.34. The summed E-state index contributed by atoms with van der Waals surface area (Å²) in [5.74, 6) is -3.18. The monoisotopic (exact) mass is 349 g/mol. The highest BCUT2D eigenvalue weighted by atomic mass is 19.2. The average Bonchev–Trinajstić information content (AvgIpc) is 2.57. The van der Waals surface area contributed by atoms with E-state index in [1.165, 1.54) is 19.1 Å². The van der Waals surface area contributed by atoms with Gasteiger partial charge in [-0.1, -0.05) is 18.2 Å². The Morgan fingerprint density at radius 2 is 2.04 bits per heavy atom. The maximum Gasteiger partial charge on any atom is 0.331 e. The van der Waals surface area contributed by atoms with Gasteiger partial charge < -0.3 is 10.0 Å². The van der Waals surface area contributed by atoms with Crippen molar-refractivity contribution in [3.8, 4) is 0 Å². The first kappa shape index (κ1) is 18.8. The average molecular weight is 349 g/mol. The summed E-state index contributed by atoms with van der Waals surface area (Å²) in [5, 5.41) is 9.11. The number of rotatable bonds is 5. The van der Waals surface area contributed by atoms with Gasteiger partial charge >= 0.3 is 5.97 Å². The van der Waals surface area contributed by atoms with Crippen LogP contribution in [0, 0.1) is 11.6 Å². The largest absolute Gasteiger partial charge is 0.478 e. The number of piperidine rings is 1. The summed E-state index contributed by atoms with van der Waals surface area (Å²) in [6.07, 6.45) is 5.09. The third kappa shape index (κ3) is 4.32. The standard InChI is InChI=1S/C19H21F2NO3/c1-3-5-18(23)22-14(10-12(2)19(24)25)6-4-7-17(22)13-8-9-15(20)16(21)11-13/h3,8-11,14,17H,1,4-7H2,2H3,(H,24,25)/t14-,17+/m1/s1. The van der Waals surface area contributed by atoms with Crippen molar-refractivity contribution in [2.24, 2.45) is 0 Å². The van der Waals surface area contributed by atoms with E-state index in [1.807, 2.05) is 0 Å². The number of likely N-dealkylation sites (tertiary alicyclic amines) is 1. The van der Waals surface area contributed by atoms with E-state index in [-0.39, 0.29) is 17.9 Å². The van der Waals surface area contributed by atoms with E-state index < -0.39 is 29.7 Å². The van der Waals surface area contributed by atoms with Gasteiger partial charge in [-0.2, -0.15) is 0 Å². The van der Waals surface area contributed by atoms with Crippen LogP contribution in [0.15, 0.2) is 42.5 Å². The first-order valence-corrected chi connectivity index (χ1v) is 8.14. The molecular weight excluding hydrogens is 328 g/mol. The van der Waals surface area contributed by atoms with E-state index in [9.17, 15) is 18.4 Å². The Balaban J connectivity index is 2.43. The van der Waals surface area contributed by atoms with Crippen LogP contribution >= 0.6 is 0 Å². The first-order valence-electron chi connectivity index (χ1n) is 8.14. The normalized spacial score (nSPS) is 21.1. The van der Waals surface area contributed by atoms with Gasteiger partial charge in [-0.15, -0.1) is 6.58 Å². The van der Waals surface area contributed by atoms with Crippen molar-refractivity contribution >= 4 is 11.9 Å². The van der Waals surface area contributed by atoms with Crippen molar-refractivity contribution in [2.75, 3.05) is 0 Å². The molecule has 1 aromatic rings. The molecule has 0 radical (unpaired) electrons. The van der Waals surface area contributed by atoms with E-state index in [1.54, 1.807) is 11.0 Å². The van der Waals surface area contributed by atoms with Crippen molar-refractivity contribution in [2.45, 2.75) is 44.7 Å². The van der Waals surface area contributed by atoms with Crippen molar-refractivity contribution in [1.82, 2.24) is 4.90 Å². The highest BCUT2D eigenvalue weighted by molar-refractivity contribution is 5.86. The number of nitrogens with zero attached hydrogens (tertiary/aromatic N) is 1. The molecule has 1 saturated heterocycles. The zero-order chi connectivity index (χ0) is 18.6. The minimum atomic E-state index is -1.05. The summed E-state index contributed by atoms with van der Waals surface area (Å²) < 4.78 is 26.9. The predicted molar refractivity (Wildman–Crippen MR) is 89.8 cm³/mol. The third-order valence-corrected chi connectivity index (χ3v) is 4.39. The minimum absolute atomic E-state index is 0.0939. The maximum absolute atomic E-state index is 13.6. The van der Waals surface area contributed by atoms with E-state index in [0.717, 1.165) is 18.6 Å². The van der Waals surface area contributed by atoms with Crippen LogP contribution in [-0.2, 0) is 9.59 Å². The third-order valence-electron chi connectivity index (χ3n) is 4.39. The van der Waals surface area contributed by atoms with Crippen molar-refractivity contribution in [1.29, 1.82) is 0 Å². The van der Waals surface area contributed by atoms with Gasteiger partial charge in [-0.3, -0.25) is 4.79 Å². The fourth-order valence-corrected chi connectivity index (χ4v) is 3.19. The number of halogens is 2. The molecule has 1 amide bonds. The predicted octanol–water partition coefficient (Wildman–Crippen LogP) is 3.99. The number of hydrogen-bond donors (Lipinski definition) is 1. The molecule has 1 aromatic carbocycles. The maximum atomic E-state index is 13.6. The molecule has 0 saturated carbocycles. The van der Waals surface area contributed by atoms with Crippen molar-refractivity contribution in [3.05, 3.63) is 59.7 Å². The van der Waals surface area contributed by atoms with Gasteiger partial charge in [0, 0.05) is 12.0 Å². The number of carboxylic acid groups (broad SMARTS) is 1. The molecule has 1 aliphatic heterocycles. The Hall–Kier alpha value is -2.50. The van der Waals surface area contributed by atoms with E-state index in [0.29, 0.717) is 18.4 Å². The van der Waals surface area contributed by atoms with Crippen LogP contribution in [0.3, 0.4) is 0 Å². The molecule has 2 rings (SSSR count). The second-order valence-electron chi connectivity index (χ2n) is 6.14. The molecule has 1 fully saturated rings. The van der Waals surface area contributed by atoms with Gasteiger partial charge in [0.15, 0.2) is 11.6 Å². The summed E-state index contributed by atoms with van der Waals surface area (Å²) in [6, 6.07) is 2.77. The molecule has 2 atom stereocenters. The van der Waals surface area contributed by atoms with E-state index in [4.69, 9.17) is 5.11 Å². The molecule has 0 unspecified atom stereocenters. The Labute approximate surface area is 145 Å². The number of aliphatic carboxylic acids is 1. The highest BCUT2D eigenvalue weighted by Crippen LogP contribution is 2.36. The number of carboxylic acids is 1. The quantitative estimate of drug-likeness (QED) is 0.646. The Morgan fingerprint density at radius 1 is 1.32 bits per heavy atom. The molecule has 134 valence electrons. The van der Waals surface area contributed by atoms with E-state index in [2.05, 4.69) is 6.58 Å². The van der Waals surface area contributed by atoms with Crippen molar-refractivity contribution < 1.29 is 23.5 Å². The molecule has 4 nitrogen and oxygen atoms in total. The molecule has 6 heteroatoms. The zero-order valence-electron chi connectivity index (χ0n) is 14.0. The summed E-state index contributed by atoms with van der Waals surface area (Å²) in [7, 11) is 0. The van der Waals surface area contributed by atoms with Crippen molar-refractivity contribution in [3.63, 3.8) is 0 Å². The lowest BCUT2D eigenvalue weighted by Gasteiger charge is -2.41. The smallest absolute Gasteiger partial charge is 0.331 e. The van der Waals surface area contributed by atoms with Crippen LogP contribution in [0.25, 0.3) is 0 Å². The van der Waals surface area contributed by atoms with E-state index >= 15 is 0 Å². The lowest BCUT2D eigenvalue weighted by Crippen LogP contribution is -2.45. The lowest BCUT2D eigenvalue weighted by atomic mass is 9.89. The second-order valence-corrected chi connectivity index (χ2v) is 6.14. The molecule has 1 heterocycles. The summed E-state index contributed by atoms with van der Waals surface area (Å²) in [5.41, 5.74) is 0.648. The van der Waals surface area contributed by atoms with Crippen LogP contribution in [0.4, 0.5) is 8.78 Å². The van der Waals surface area contributed by atoms with Gasteiger partial charge in [0.05, 0.1) is 12.1 Å². The van der Waals surface area contributed by atoms with Gasteiger partial charge in [0.1, 0.15) is 0 Å². The SMILES string of the molecule is C=CCC(=O)N1[C@@H](C=C(C)C(=O)O)CCC[C@H]1c1ccc(F)c(F)c1. The molecule has 0 aliphatic carbocycles. The summed E-state index contributed by atoms with van der Waals surface area (Å²) >= 11 is 0. The minimum Gasteiger partial charge on any atom is -0.478 e. The second kappa shape index (κ2) is 8.05. The molecule has 0 bridgehead atoms. The van der Waals surface area contributed by atoms with Gasteiger partial charge in [0.2, 0.25) is 5.91 Å². The van der Waals surface area contributed by atoms with Crippen LogP contribution in [0.5, 0.6) is 0 Å². The Kier molecular flexibility index (Phi) is 6.07. The molecule has 0 aromatic heterocycles. The van der Waals surface area contributed by atoms with Gasteiger partial charge in [-0.25, -0.2) is 13.6 Å². The first-order chi connectivity index (χ1) is 11.8. The molecule has 25 heavy (non-hydrogen) atoms. The fourth-order valence-electron chi connectivity index (χ4n) is 3.19. The Morgan fingerprint density at radius 3 is 2.64 bits per heavy atom. The van der Waals surface area contributed by atoms with Crippen LogP contribution in [0.1, 0.15) is 44.2 Å². The molecular formula is C19H21F2NO3. The Bertz CT molecular complexity index is 715. The molecule has 0 spiro atoms. The van der Waals surface area contributed by atoms with Gasteiger partial charge in [0.25, 0.3) is 0 Å². The number of carbonyl (C=O) groups excluding carboxylic acids is 1. The number of benzene rings is 1. The van der Waals surface area contributed by atoms with Crippen LogP contribution in [0.2, 0.25) is 0 Å². The summed E-state index contributed by atoms with van der Waals surface area (Å²) in [6.45, 7) is 5.04. The summed E-state index contributed by atoms with van der Waals surface area (Å²) in [4.78, 5) is 25.3. The number of carbonyl (C=O) groups is 2. The fraction of sp³-hybridized carbons (Fsp3) is 0.368. The number of amides is 1. The topological polar surface area (TPSA) is 57.6 Å². The lowest BCUT2D eigenvalue weighted by molar-refractivity contribution is -0.137.